The number of hydrogen-bond donors (Lipinski definition) is 0. The highest BCUT2D eigenvalue weighted by atomic mass is 14.3. The minimum Gasteiger partial charge on any atom is -0.192 e. The van der Waals surface area contributed by atoms with Crippen LogP contribution < -0.4 is 0 Å². The molecule has 0 aromatic heterocycles. The summed E-state index contributed by atoms with van der Waals surface area (Å²) in [5.74, 6) is 0. The Morgan fingerprint density at radius 3 is 1.73 bits per heavy atom. The largest absolute Gasteiger partial charge is 0.192 e. The first-order chi connectivity index (χ1) is 19.8. The van der Waals surface area contributed by atoms with Gasteiger partial charge in [0.05, 0.1) is 11.6 Å². The lowest BCUT2D eigenvalue weighted by Crippen LogP contribution is -1.86. The minimum absolute atomic E-state index is 0.692. The highest BCUT2D eigenvalue weighted by Crippen LogP contribution is 2.49. The molecule has 0 bridgehead atoms. The maximum absolute atomic E-state index is 9.57. The first-order valence-electron chi connectivity index (χ1n) is 13.6. The number of benzene rings is 7. The fraction of sp³-hybridized carbons (Fsp3) is 0. The van der Waals surface area contributed by atoms with Crippen LogP contribution >= 0.6 is 0 Å². The van der Waals surface area contributed by atoms with Gasteiger partial charge in [0.25, 0.3) is 0 Å². The van der Waals surface area contributed by atoms with Gasteiger partial charge in [-0.1, -0.05) is 115 Å². The summed E-state index contributed by atoms with van der Waals surface area (Å²) in [5.41, 5.74) is 12.8. The molecule has 7 aromatic carbocycles. The molecule has 0 saturated carbocycles. The van der Waals surface area contributed by atoms with Crippen LogP contribution in [0, 0.1) is 11.3 Å². The number of hydrogen-bond acceptors (Lipinski definition) is 1. The maximum atomic E-state index is 9.57. The van der Waals surface area contributed by atoms with E-state index in [0.717, 1.165) is 16.7 Å². The zero-order chi connectivity index (χ0) is 26.6. The summed E-state index contributed by atoms with van der Waals surface area (Å²) in [6.45, 7) is 0. The molecule has 0 atom stereocenters. The number of nitrogens with zero attached hydrogens (tertiary/aromatic N) is 1. The van der Waals surface area contributed by atoms with Crippen LogP contribution in [-0.4, -0.2) is 0 Å². The molecule has 0 amide bonds. The Labute approximate surface area is 233 Å². The van der Waals surface area contributed by atoms with Gasteiger partial charge in [0.2, 0.25) is 0 Å². The fourth-order valence-electron chi connectivity index (χ4n) is 6.35. The van der Waals surface area contributed by atoms with Crippen molar-refractivity contribution in [3.05, 3.63) is 145 Å². The van der Waals surface area contributed by atoms with E-state index in [1.54, 1.807) is 0 Å². The molecule has 1 aliphatic rings. The van der Waals surface area contributed by atoms with Gasteiger partial charge in [0.15, 0.2) is 0 Å². The Morgan fingerprint density at radius 1 is 0.375 bits per heavy atom. The van der Waals surface area contributed by atoms with E-state index in [2.05, 4.69) is 121 Å². The van der Waals surface area contributed by atoms with Gasteiger partial charge < -0.3 is 0 Å². The normalized spacial score (nSPS) is 11.5. The monoisotopic (exact) mass is 505 g/mol. The zero-order valence-corrected chi connectivity index (χ0v) is 21.7. The molecule has 1 nitrogen and oxygen atoms in total. The van der Waals surface area contributed by atoms with Gasteiger partial charge in [0.1, 0.15) is 0 Å². The van der Waals surface area contributed by atoms with Gasteiger partial charge in [-0.25, -0.2) is 0 Å². The average molecular weight is 506 g/mol. The maximum Gasteiger partial charge on any atom is 0.0998 e. The summed E-state index contributed by atoms with van der Waals surface area (Å²) in [7, 11) is 0. The standard InChI is InChI=1S/C39H23N/c40-24-31-7-1-2-10-32(31)29-9-5-8-25(22-29)26-15-16-28-23-30(18-17-27(28)21-26)33-19-20-38-35-12-4-3-11-34(35)37-14-6-13-36(33)39(37)38/h1-23H. The lowest BCUT2D eigenvalue weighted by Gasteiger charge is -2.12. The van der Waals surface area contributed by atoms with Crippen LogP contribution in [0.3, 0.4) is 0 Å². The molecular formula is C39H23N. The fourth-order valence-corrected chi connectivity index (χ4v) is 6.35. The van der Waals surface area contributed by atoms with Crippen molar-refractivity contribution in [3.8, 4) is 61.7 Å². The van der Waals surface area contributed by atoms with Gasteiger partial charge in [-0.3, -0.25) is 0 Å². The number of rotatable bonds is 3. The number of fused-ring (bicyclic) bond motifs is 4. The second-order valence-corrected chi connectivity index (χ2v) is 10.4. The van der Waals surface area contributed by atoms with Crippen molar-refractivity contribution in [2.24, 2.45) is 0 Å². The number of nitriles is 1. The van der Waals surface area contributed by atoms with E-state index in [4.69, 9.17) is 0 Å². The van der Waals surface area contributed by atoms with Crippen LogP contribution in [0.2, 0.25) is 0 Å². The SMILES string of the molecule is N#Cc1ccccc1-c1cccc(-c2ccc3cc(-c4ccc5c6c(cccc46)-c4ccccc4-5)ccc3c2)c1. The molecule has 0 N–H and O–H groups in total. The van der Waals surface area contributed by atoms with E-state index in [9.17, 15) is 5.26 Å². The van der Waals surface area contributed by atoms with Crippen LogP contribution in [0.25, 0.3) is 77.2 Å². The first kappa shape index (κ1) is 22.5. The van der Waals surface area contributed by atoms with E-state index < -0.39 is 0 Å². The molecule has 0 saturated heterocycles. The van der Waals surface area contributed by atoms with Gasteiger partial charge >= 0.3 is 0 Å². The molecule has 8 rings (SSSR count). The third-order valence-corrected chi connectivity index (χ3v) is 8.25. The van der Waals surface area contributed by atoms with E-state index >= 15 is 0 Å². The summed E-state index contributed by atoms with van der Waals surface area (Å²) < 4.78 is 0. The van der Waals surface area contributed by atoms with E-state index in [0.29, 0.717) is 5.56 Å². The van der Waals surface area contributed by atoms with E-state index in [1.807, 2.05) is 24.3 Å². The van der Waals surface area contributed by atoms with Crippen molar-refractivity contribution >= 4 is 21.5 Å². The molecule has 1 aliphatic carbocycles. The van der Waals surface area contributed by atoms with Crippen LogP contribution in [-0.2, 0) is 0 Å². The average Bonchev–Trinajstić information content (AvgIpc) is 3.36. The Morgan fingerprint density at radius 2 is 0.925 bits per heavy atom. The summed E-state index contributed by atoms with van der Waals surface area (Å²) >= 11 is 0. The van der Waals surface area contributed by atoms with Crippen LogP contribution in [0.5, 0.6) is 0 Å². The Hall–Kier alpha value is -5.45. The van der Waals surface area contributed by atoms with Gasteiger partial charge in [-0.05, 0) is 101 Å². The molecule has 0 radical (unpaired) electrons. The highest BCUT2D eigenvalue weighted by Gasteiger charge is 2.22. The van der Waals surface area contributed by atoms with Crippen molar-refractivity contribution in [1.29, 1.82) is 5.26 Å². The van der Waals surface area contributed by atoms with E-state index in [-0.39, 0.29) is 0 Å². The predicted molar refractivity (Wildman–Crippen MR) is 167 cm³/mol. The van der Waals surface area contributed by atoms with Gasteiger partial charge in [0, 0.05) is 0 Å². The lowest BCUT2D eigenvalue weighted by molar-refractivity contribution is 1.48. The van der Waals surface area contributed by atoms with Gasteiger partial charge in [-0.15, -0.1) is 0 Å². The zero-order valence-electron chi connectivity index (χ0n) is 21.7. The highest BCUT2D eigenvalue weighted by molar-refractivity contribution is 6.18. The van der Waals surface area contributed by atoms with Crippen molar-refractivity contribution < 1.29 is 0 Å². The van der Waals surface area contributed by atoms with Crippen LogP contribution in [0.1, 0.15) is 5.56 Å². The second-order valence-electron chi connectivity index (χ2n) is 10.4. The molecular weight excluding hydrogens is 482 g/mol. The molecule has 0 aliphatic heterocycles. The lowest BCUT2D eigenvalue weighted by atomic mass is 9.92. The van der Waals surface area contributed by atoms with Crippen LogP contribution in [0.4, 0.5) is 0 Å². The van der Waals surface area contributed by atoms with Crippen molar-refractivity contribution in [2.75, 3.05) is 0 Å². The minimum atomic E-state index is 0.692. The third kappa shape index (κ3) is 3.40. The van der Waals surface area contributed by atoms with Crippen molar-refractivity contribution in [2.45, 2.75) is 0 Å². The summed E-state index contributed by atoms with van der Waals surface area (Å²) in [6, 6.07) is 52.0. The molecule has 1 heteroatoms. The summed E-state index contributed by atoms with van der Waals surface area (Å²) in [6.07, 6.45) is 0. The molecule has 0 unspecified atom stereocenters. The molecule has 0 heterocycles. The summed E-state index contributed by atoms with van der Waals surface area (Å²) in [4.78, 5) is 0. The van der Waals surface area contributed by atoms with Crippen LogP contribution in [0.15, 0.2) is 140 Å². The topological polar surface area (TPSA) is 23.8 Å². The summed E-state index contributed by atoms with van der Waals surface area (Å²) in [5, 5.41) is 14.7. The first-order valence-corrected chi connectivity index (χ1v) is 13.6. The Bertz CT molecular complexity index is 2150. The molecule has 184 valence electrons. The molecule has 0 spiro atoms. The predicted octanol–water partition coefficient (Wildman–Crippen LogP) is 10.5. The third-order valence-electron chi connectivity index (χ3n) is 8.25. The quantitative estimate of drug-likeness (QED) is 0.234. The van der Waals surface area contributed by atoms with Gasteiger partial charge in [-0.2, -0.15) is 5.26 Å². The van der Waals surface area contributed by atoms with Crippen molar-refractivity contribution in [1.82, 2.24) is 0 Å². The Balaban J connectivity index is 1.20. The molecule has 40 heavy (non-hydrogen) atoms. The second kappa shape index (κ2) is 8.80. The van der Waals surface area contributed by atoms with E-state index in [1.165, 1.54) is 60.5 Å². The smallest absolute Gasteiger partial charge is 0.0998 e. The molecule has 0 fully saturated rings. The molecule has 7 aromatic rings. The van der Waals surface area contributed by atoms with Crippen molar-refractivity contribution in [3.63, 3.8) is 0 Å². The Kier molecular flexibility index (Phi) is 4.96.